The number of aliphatic hydroxyl groups is 1. The Morgan fingerprint density at radius 1 is 1.19 bits per heavy atom. The quantitative estimate of drug-likeness (QED) is 0.747. The summed E-state index contributed by atoms with van der Waals surface area (Å²) >= 11 is 0. The highest BCUT2D eigenvalue weighted by Gasteiger charge is 2.15. The fraction of sp³-hybridized carbons (Fsp3) is 0.385. The molecule has 0 aromatic heterocycles. The van der Waals surface area contributed by atoms with Crippen molar-refractivity contribution >= 4 is 25.5 Å². The largest absolute Gasteiger partial charge is 0.384 e. The number of benzene rings is 1. The second-order valence-corrected chi connectivity index (χ2v) is 8.64. The van der Waals surface area contributed by atoms with Crippen LogP contribution in [0.25, 0.3) is 0 Å². The SMILES string of the molecule is Cc1cc(C#CCO)ccc1NS(=O)(=O)CCS(C)(=O)=O. The summed E-state index contributed by atoms with van der Waals surface area (Å²) in [6, 6.07) is 4.84. The van der Waals surface area contributed by atoms with E-state index in [1.165, 1.54) is 0 Å². The first-order valence-electron chi connectivity index (χ1n) is 6.01. The second-order valence-electron chi connectivity index (χ2n) is 4.54. The third-order valence-electron chi connectivity index (χ3n) is 2.53. The normalized spacial score (nSPS) is 11.6. The molecular weight excluding hydrogens is 314 g/mol. The highest BCUT2D eigenvalue weighted by atomic mass is 32.2. The summed E-state index contributed by atoms with van der Waals surface area (Å²) in [7, 11) is -7.06. The zero-order valence-corrected chi connectivity index (χ0v) is 13.4. The number of hydrogen-bond donors (Lipinski definition) is 2. The van der Waals surface area contributed by atoms with E-state index in [0.29, 0.717) is 16.8 Å². The lowest BCUT2D eigenvalue weighted by Gasteiger charge is -2.10. The number of sulfone groups is 1. The topological polar surface area (TPSA) is 101 Å². The van der Waals surface area contributed by atoms with Gasteiger partial charge in [-0.1, -0.05) is 11.8 Å². The molecular formula is C13H17NO5S2. The average molecular weight is 331 g/mol. The van der Waals surface area contributed by atoms with E-state index in [2.05, 4.69) is 16.6 Å². The first-order chi connectivity index (χ1) is 9.63. The molecule has 0 atom stereocenters. The lowest BCUT2D eigenvalue weighted by Crippen LogP contribution is -2.22. The van der Waals surface area contributed by atoms with Crippen molar-refractivity contribution in [3.63, 3.8) is 0 Å². The number of nitrogens with one attached hydrogen (secondary N) is 1. The molecule has 0 heterocycles. The summed E-state index contributed by atoms with van der Waals surface area (Å²) < 4.78 is 48.0. The Labute approximate surface area is 125 Å². The van der Waals surface area contributed by atoms with Crippen molar-refractivity contribution in [2.75, 3.05) is 29.1 Å². The molecule has 0 aliphatic heterocycles. The summed E-state index contributed by atoms with van der Waals surface area (Å²) in [6.07, 6.45) is 0.988. The number of aliphatic hydroxyl groups excluding tert-OH is 1. The summed E-state index contributed by atoms with van der Waals surface area (Å²) in [5, 5.41) is 8.61. The summed E-state index contributed by atoms with van der Waals surface area (Å²) in [5.41, 5.74) is 1.68. The van der Waals surface area contributed by atoms with Crippen molar-refractivity contribution < 1.29 is 21.9 Å². The summed E-state index contributed by atoms with van der Waals surface area (Å²) in [6.45, 7) is 1.46. The lowest BCUT2D eigenvalue weighted by atomic mass is 10.1. The molecule has 1 aromatic rings. The van der Waals surface area contributed by atoms with Gasteiger partial charge in [-0.25, -0.2) is 16.8 Å². The van der Waals surface area contributed by atoms with Crippen molar-refractivity contribution in [1.29, 1.82) is 0 Å². The van der Waals surface area contributed by atoms with Gasteiger partial charge in [-0.15, -0.1) is 0 Å². The second kappa shape index (κ2) is 6.93. The Kier molecular flexibility index (Phi) is 5.78. The number of aryl methyl sites for hydroxylation is 1. The molecule has 0 saturated heterocycles. The van der Waals surface area contributed by atoms with E-state index >= 15 is 0 Å². The van der Waals surface area contributed by atoms with Gasteiger partial charge in [-0.3, -0.25) is 4.72 Å². The fourth-order valence-electron chi connectivity index (χ4n) is 1.48. The molecule has 0 radical (unpaired) electrons. The van der Waals surface area contributed by atoms with E-state index in [1.807, 2.05) is 0 Å². The smallest absolute Gasteiger partial charge is 0.233 e. The molecule has 8 heteroatoms. The molecule has 0 spiro atoms. The predicted molar refractivity (Wildman–Crippen MR) is 82.3 cm³/mol. The van der Waals surface area contributed by atoms with Crippen molar-refractivity contribution in [3.05, 3.63) is 29.3 Å². The van der Waals surface area contributed by atoms with Gasteiger partial charge in [0.25, 0.3) is 0 Å². The molecule has 0 aliphatic carbocycles. The highest BCUT2D eigenvalue weighted by Crippen LogP contribution is 2.17. The van der Waals surface area contributed by atoms with E-state index in [1.54, 1.807) is 25.1 Å². The van der Waals surface area contributed by atoms with Crippen molar-refractivity contribution in [1.82, 2.24) is 0 Å². The minimum Gasteiger partial charge on any atom is -0.384 e. The van der Waals surface area contributed by atoms with Gasteiger partial charge in [0.2, 0.25) is 10.0 Å². The molecule has 0 unspecified atom stereocenters. The maximum Gasteiger partial charge on any atom is 0.233 e. The van der Waals surface area contributed by atoms with Gasteiger partial charge in [0, 0.05) is 11.8 Å². The predicted octanol–water partition coefficient (Wildman–Crippen LogP) is 0.125. The van der Waals surface area contributed by atoms with Crippen molar-refractivity contribution in [3.8, 4) is 11.8 Å². The molecule has 6 nitrogen and oxygen atoms in total. The standard InChI is InChI=1S/C13H17NO5S2/c1-11-10-12(4-3-7-15)5-6-13(11)14-21(18,19)9-8-20(2,16)17/h5-6,10,14-15H,7-9H2,1-2H3. The minimum absolute atomic E-state index is 0.251. The fourth-order valence-corrected chi connectivity index (χ4v) is 4.23. The number of sulfonamides is 1. The number of hydrogen-bond acceptors (Lipinski definition) is 5. The van der Waals surface area contributed by atoms with E-state index in [9.17, 15) is 16.8 Å². The van der Waals surface area contributed by atoms with Crippen LogP contribution in [0.4, 0.5) is 5.69 Å². The van der Waals surface area contributed by atoms with Crippen LogP contribution < -0.4 is 4.72 Å². The van der Waals surface area contributed by atoms with Crippen LogP contribution in [0, 0.1) is 18.8 Å². The van der Waals surface area contributed by atoms with E-state index in [0.717, 1.165) is 6.26 Å². The van der Waals surface area contributed by atoms with Gasteiger partial charge in [0.1, 0.15) is 16.4 Å². The van der Waals surface area contributed by atoms with E-state index in [4.69, 9.17) is 5.11 Å². The minimum atomic E-state index is -3.73. The Morgan fingerprint density at radius 3 is 2.38 bits per heavy atom. The number of anilines is 1. The third kappa shape index (κ3) is 6.62. The monoisotopic (exact) mass is 331 g/mol. The van der Waals surface area contributed by atoms with Crippen molar-refractivity contribution in [2.45, 2.75) is 6.92 Å². The summed E-state index contributed by atoms with van der Waals surface area (Å²) in [5.74, 6) is 4.29. The van der Waals surface area contributed by atoms with Gasteiger partial charge >= 0.3 is 0 Å². The highest BCUT2D eigenvalue weighted by molar-refractivity contribution is 7.95. The molecule has 0 aliphatic rings. The average Bonchev–Trinajstić information content (AvgIpc) is 2.36. The first kappa shape index (κ1) is 17.5. The molecule has 0 fully saturated rings. The van der Waals surface area contributed by atoms with Crippen molar-refractivity contribution in [2.24, 2.45) is 0 Å². The first-order valence-corrected chi connectivity index (χ1v) is 9.73. The lowest BCUT2D eigenvalue weighted by molar-refractivity contribution is 0.350. The Bertz CT molecular complexity index is 771. The molecule has 0 saturated carbocycles. The van der Waals surface area contributed by atoms with Crippen LogP contribution >= 0.6 is 0 Å². The van der Waals surface area contributed by atoms with E-state index in [-0.39, 0.29) is 6.61 Å². The Morgan fingerprint density at radius 2 is 1.86 bits per heavy atom. The molecule has 0 bridgehead atoms. The zero-order chi connectivity index (χ0) is 16.1. The number of rotatable bonds is 5. The molecule has 21 heavy (non-hydrogen) atoms. The maximum absolute atomic E-state index is 11.8. The molecule has 2 N–H and O–H groups in total. The van der Waals surface area contributed by atoms with Crippen LogP contribution in [-0.4, -0.2) is 46.3 Å². The van der Waals surface area contributed by atoms with Crippen LogP contribution in [0.15, 0.2) is 18.2 Å². The maximum atomic E-state index is 11.8. The van der Waals surface area contributed by atoms with Gasteiger partial charge < -0.3 is 5.11 Å². The summed E-state index contributed by atoms with van der Waals surface area (Å²) in [4.78, 5) is 0. The molecule has 116 valence electrons. The van der Waals surface area contributed by atoms with Gasteiger partial charge in [-0.2, -0.15) is 0 Å². The van der Waals surface area contributed by atoms with Crippen LogP contribution in [0.2, 0.25) is 0 Å². The molecule has 0 amide bonds. The van der Waals surface area contributed by atoms with Crippen LogP contribution in [-0.2, 0) is 19.9 Å². The molecule has 1 aromatic carbocycles. The van der Waals surface area contributed by atoms with Crippen LogP contribution in [0.1, 0.15) is 11.1 Å². The van der Waals surface area contributed by atoms with Gasteiger partial charge in [0.15, 0.2) is 0 Å². The van der Waals surface area contributed by atoms with E-state index < -0.39 is 31.4 Å². The van der Waals surface area contributed by atoms with Gasteiger partial charge in [-0.05, 0) is 30.7 Å². The zero-order valence-electron chi connectivity index (χ0n) is 11.8. The Balaban J connectivity index is 2.88. The Hall–Kier alpha value is -1.56. The molecule has 1 rings (SSSR count). The van der Waals surface area contributed by atoms with Crippen LogP contribution in [0.5, 0.6) is 0 Å². The van der Waals surface area contributed by atoms with Gasteiger partial charge in [0.05, 0.1) is 17.2 Å². The third-order valence-corrected chi connectivity index (χ3v) is 5.00. The van der Waals surface area contributed by atoms with Crippen LogP contribution in [0.3, 0.4) is 0 Å².